The quantitative estimate of drug-likeness (QED) is 0.275. The monoisotopic (exact) mass is 432 g/mol. The van der Waals surface area contributed by atoms with Gasteiger partial charge in [0.2, 0.25) is 0 Å². The molecule has 0 radical (unpaired) electrons. The van der Waals surface area contributed by atoms with Crippen LogP contribution in [0.3, 0.4) is 0 Å². The molecule has 0 unspecified atom stereocenters. The molecule has 9 heteroatoms. The van der Waals surface area contributed by atoms with Gasteiger partial charge in [0, 0.05) is 12.7 Å². The topological polar surface area (TPSA) is 131 Å². The van der Waals surface area contributed by atoms with Gasteiger partial charge in [0.15, 0.2) is 17.4 Å². The summed E-state index contributed by atoms with van der Waals surface area (Å²) in [6, 6.07) is 14.1. The number of aromatic nitrogens is 3. The van der Waals surface area contributed by atoms with Crippen LogP contribution in [-0.4, -0.2) is 39.1 Å². The fraction of sp³-hybridized carbons (Fsp3) is 0.217. The molecule has 0 fully saturated rings. The SMILES string of the molecule is COC[C@@H](C)n1c(N)c(-c2nc3ccccc3[nH]2)c(O)c1N=Nc1cccc(C(C)=O)c1. The molecule has 32 heavy (non-hydrogen) atoms. The van der Waals surface area contributed by atoms with Crippen molar-refractivity contribution >= 4 is 34.1 Å². The van der Waals surface area contributed by atoms with Crippen molar-refractivity contribution in [1.82, 2.24) is 14.5 Å². The number of ketones is 1. The second-order valence-electron chi connectivity index (χ2n) is 7.52. The van der Waals surface area contributed by atoms with Gasteiger partial charge in [0.25, 0.3) is 0 Å². The number of hydrogen-bond acceptors (Lipinski definition) is 7. The number of rotatable bonds is 7. The van der Waals surface area contributed by atoms with Crippen LogP contribution >= 0.6 is 0 Å². The highest BCUT2D eigenvalue weighted by atomic mass is 16.5. The number of benzene rings is 2. The maximum atomic E-state index is 11.7. The van der Waals surface area contributed by atoms with Crippen LogP contribution < -0.4 is 5.73 Å². The number of carbonyl (C=O) groups is 1. The second-order valence-corrected chi connectivity index (χ2v) is 7.52. The molecule has 164 valence electrons. The first-order valence-electron chi connectivity index (χ1n) is 10.1. The predicted molar refractivity (Wildman–Crippen MR) is 123 cm³/mol. The number of azo groups is 1. The Morgan fingerprint density at radius 1 is 1.25 bits per heavy atom. The summed E-state index contributed by atoms with van der Waals surface area (Å²) in [6.45, 7) is 3.73. The third-order valence-corrected chi connectivity index (χ3v) is 5.18. The van der Waals surface area contributed by atoms with Gasteiger partial charge < -0.3 is 25.1 Å². The zero-order chi connectivity index (χ0) is 22.8. The van der Waals surface area contributed by atoms with E-state index in [0.717, 1.165) is 11.0 Å². The molecule has 0 saturated carbocycles. The number of anilines is 1. The highest BCUT2D eigenvalue weighted by Gasteiger charge is 2.27. The lowest BCUT2D eigenvalue weighted by Crippen LogP contribution is -2.13. The Labute approximate surface area is 184 Å². The molecule has 0 bridgehead atoms. The third kappa shape index (κ3) is 3.85. The Bertz CT molecular complexity index is 1290. The third-order valence-electron chi connectivity index (χ3n) is 5.18. The molecule has 2 heterocycles. The molecule has 1 atom stereocenters. The number of imidazole rings is 1. The van der Waals surface area contributed by atoms with Crippen LogP contribution in [0, 0.1) is 0 Å². The summed E-state index contributed by atoms with van der Waals surface area (Å²) in [5.41, 5.74) is 9.39. The smallest absolute Gasteiger partial charge is 0.200 e. The number of aromatic amines is 1. The summed E-state index contributed by atoms with van der Waals surface area (Å²) < 4.78 is 6.95. The highest BCUT2D eigenvalue weighted by molar-refractivity contribution is 5.94. The van der Waals surface area contributed by atoms with Crippen molar-refractivity contribution in [2.75, 3.05) is 19.5 Å². The Morgan fingerprint density at radius 2 is 2.03 bits per heavy atom. The normalized spacial score (nSPS) is 12.6. The number of methoxy groups -OCH3 is 1. The summed E-state index contributed by atoms with van der Waals surface area (Å²) in [7, 11) is 1.59. The van der Waals surface area contributed by atoms with Crippen molar-refractivity contribution in [3.63, 3.8) is 0 Å². The predicted octanol–water partition coefficient (Wildman–Crippen LogP) is 5.14. The van der Waals surface area contributed by atoms with Crippen molar-refractivity contribution in [3.8, 4) is 17.1 Å². The van der Waals surface area contributed by atoms with E-state index in [4.69, 9.17) is 10.5 Å². The number of hydrogen-bond donors (Lipinski definition) is 3. The number of Topliss-reactive ketones (excluding diaryl/α,β-unsaturated/α-hetero) is 1. The number of H-pyrrole nitrogens is 1. The fourth-order valence-electron chi connectivity index (χ4n) is 3.64. The van der Waals surface area contributed by atoms with E-state index in [2.05, 4.69) is 20.2 Å². The Hall–Kier alpha value is -3.98. The number of fused-ring (bicyclic) bond motifs is 1. The standard InChI is InChI=1S/C23H24N6O3/c1-13(12-32-3)29-21(24)19(22-25-17-9-4-5-10-18(17)26-22)20(31)23(29)28-27-16-8-6-7-15(11-16)14(2)30/h4-11,13,31H,12,24H2,1-3H3,(H,25,26)/t13-/m1/s1. The van der Waals surface area contributed by atoms with Crippen LogP contribution in [0.15, 0.2) is 58.8 Å². The lowest BCUT2D eigenvalue weighted by Gasteiger charge is -2.16. The fourth-order valence-corrected chi connectivity index (χ4v) is 3.64. The number of nitrogens with zero attached hydrogens (tertiary/aromatic N) is 4. The molecule has 2 aromatic heterocycles. The van der Waals surface area contributed by atoms with Crippen LogP contribution in [-0.2, 0) is 4.74 Å². The summed E-state index contributed by atoms with van der Waals surface area (Å²) in [4.78, 5) is 19.4. The lowest BCUT2D eigenvalue weighted by molar-refractivity contribution is 0.101. The van der Waals surface area contributed by atoms with E-state index in [1.807, 2.05) is 31.2 Å². The molecule has 0 saturated heterocycles. The molecule has 0 spiro atoms. The molecule has 9 nitrogen and oxygen atoms in total. The van der Waals surface area contributed by atoms with E-state index in [1.54, 1.807) is 35.9 Å². The van der Waals surface area contributed by atoms with Crippen molar-refractivity contribution in [2.24, 2.45) is 10.2 Å². The number of nitrogens with two attached hydrogens (primary N) is 1. The lowest BCUT2D eigenvalue weighted by atomic mass is 10.1. The molecule has 4 N–H and O–H groups in total. The van der Waals surface area contributed by atoms with Crippen molar-refractivity contribution in [2.45, 2.75) is 19.9 Å². The number of carbonyl (C=O) groups excluding carboxylic acids is 1. The van der Waals surface area contributed by atoms with Crippen LogP contribution in [0.4, 0.5) is 17.3 Å². The van der Waals surface area contributed by atoms with Gasteiger partial charge in [-0.25, -0.2) is 4.98 Å². The van der Waals surface area contributed by atoms with Gasteiger partial charge in [-0.1, -0.05) is 24.3 Å². The van der Waals surface area contributed by atoms with Crippen molar-refractivity contribution in [3.05, 3.63) is 54.1 Å². The first-order valence-corrected chi connectivity index (χ1v) is 10.1. The average Bonchev–Trinajstić information content (AvgIpc) is 3.30. The average molecular weight is 432 g/mol. The van der Waals surface area contributed by atoms with E-state index >= 15 is 0 Å². The number of nitrogen functional groups attached to an aromatic ring is 1. The summed E-state index contributed by atoms with van der Waals surface area (Å²) in [5, 5.41) is 19.6. The summed E-state index contributed by atoms with van der Waals surface area (Å²) >= 11 is 0. The van der Waals surface area contributed by atoms with Gasteiger partial charge in [-0.05, 0) is 38.1 Å². The number of nitrogens with one attached hydrogen (secondary N) is 1. The van der Waals surface area contributed by atoms with E-state index in [0.29, 0.717) is 29.2 Å². The minimum atomic E-state index is -0.235. The first-order chi connectivity index (χ1) is 15.4. The van der Waals surface area contributed by atoms with Gasteiger partial charge in [-0.2, -0.15) is 0 Å². The van der Waals surface area contributed by atoms with Crippen LogP contribution in [0.5, 0.6) is 5.75 Å². The maximum absolute atomic E-state index is 11.7. The van der Waals surface area contributed by atoms with E-state index in [9.17, 15) is 9.90 Å². The van der Waals surface area contributed by atoms with Gasteiger partial charge in [0.1, 0.15) is 17.2 Å². The largest absolute Gasteiger partial charge is 0.504 e. The second kappa shape index (κ2) is 8.64. The zero-order valence-electron chi connectivity index (χ0n) is 18.0. The van der Waals surface area contributed by atoms with Gasteiger partial charge in [-0.15, -0.1) is 10.2 Å². The first kappa shape index (κ1) is 21.3. The highest BCUT2D eigenvalue weighted by Crippen LogP contribution is 2.46. The minimum absolute atomic E-state index is 0.0709. The number of para-hydroxylation sites is 2. The van der Waals surface area contributed by atoms with E-state index in [-0.39, 0.29) is 29.2 Å². The molecule has 0 aliphatic carbocycles. The van der Waals surface area contributed by atoms with Gasteiger partial charge in [-0.3, -0.25) is 4.79 Å². The molecule has 0 aliphatic rings. The molecule has 0 amide bonds. The summed E-state index contributed by atoms with van der Waals surface area (Å²) in [6.07, 6.45) is 0. The molecule has 4 aromatic rings. The Balaban J connectivity index is 1.84. The van der Waals surface area contributed by atoms with Crippen molar-refractivity contribution < 1.29 is 14.6 Å². The van der Waals surface area contributed by atoms with Gasteiger partial charge >= 0.3 is 0 Å². The molecule has 0 aliphatic heterocycles. The van der Waals surface area contributed by atoms with Crippen LogP contribution in [0.25, 0.3) is 22.4 Å². The van der Waals surface area contributed by atoms with Gasteiger partial charge in [0.05, 0.1) is 29.4 Å². The number of aromatic hydroxyl groups is 1. The molecule has 4 rings (SSSR count). The minimum Gasteiger partial charge on any atom is -0.504 e. The van der Waals surface area contributed by atoms with Crippen LogP contribution in [0.1, 0.15) is 30.2 Å². The maximum Gasteiger partial charge on any atom is 0.200 e. The summed E-state index contributed by atoms with van der Waals surface area (Å²) in [5.74, 6) is 0.683. The molecular weight excluding hydrogens is 408 g/mol. The Kier molecular flexibility index (Phi) is 5.74. The van der Waals surface area contributed by atoms with Crippen LogP contribution in [0.2, 0.25) is 0 Å². The number of ether oxygens (including phenoxy) is 1. The van der Waals surface area contributed by atoms with E-state index < -0.39 is 0 Å². The van der Waals surface area contributed by atoms with Crippen molar-refractivity contribution in [1.29, 1.82) is 0 Å². The van der Waals surface area contributed by atoms with E-state index in [1.165, 1.54) is 6.92 Å². The Morgan fingerprint density at radius 3 is 2.75 bits per heavy atom. The molecule has 2 aromatic carbocycles. The molecular formula is C23H24N6O3. The zero-order valence-corrected chi connectivity index (χ0v) is 18.0.